The second kappa shape index (κ2) is 5.03. The van der Waals surface area contributed by atoms with Gasteiger partial charge in [-0.05, 0) is 12.3 Å². The average Bonchev–Trinajstić information content (AvgIpc) is 2.76. The molecule has 2 aromatic rings. The van der Waals surface area contributed by atoms with Crippen molar-refractivity contribution in [1.29, 1.82) is 0 Å². The number of H-pyrrole nitrogens is 1. The summed E-state index contributed by atoms with van der Waals surface area (Å²) in [6.45, 7) is 6.67. The van der Waals surface area contributed by atoms with Crippen LogP contribution in [0.4, 0.5) is 0 Å². The Labute approximate surface area is 111 Å². The Morgan fingerprint density at radius 2 is 2.00 bits per heavy atom. The first-order valence-electron chi connectivity index (χ1n) is 6.64. The van der Waals surface area contributed by atoms with Crippen LogP contribution in [0.15, 0.2) is 9.59 Å². The maximum absolute atomic E-state index is 12.2. The smallest absolute Gasteiger partial charge is 0.332 e. The summed E-state index contributed by atoms with van der Waals surface area (Å²) in [7, 11) is 1.50. The summed E-state index contributed by atoms with van der Waals surface area (Å²) >= 11 is 0. The molecule has 0 fully saturated rings. The summed E-state index contributed by atoms with van der Waals surface area (Å²) in [5, 5.41) is 0. The van der Waals surface area contributed by atoms with Gasteiger partial charge in [0, 0.05) is 20.0 Å². The van der Waals surface area contributed by atoms with Gasteiger partial charge in [-0.15, -0.1) is 0 Å². The maximum Gasteiger partial charge on any atom is 0.332 e. The van der Waals surface area contributed by atoms with Gasteiger partial charge in [0.05, 0.1) is 0 Å². The molecule has 0 aliphatic heterocycles. The van der Waals surface area contributed by atoms with Crippen LogP contribution < -0.4 is 11.2 Å². The van der Waals surface area contributed by atoms with Crippen LogP contribution in [-0.4, -0.2) is 19.1 Å². The number of hydrogen-bond acceptors (Lipinski definition) is 3. The molecule has 2 heterocycles. The number of aromatic nitrogens is 4. The van der Waals surface area contributed by atoms with Gasteiger partial charge in [-0.1, -0.05) is 20.8 Å². The zero-order valence-corrected chi connectivity index (χ0v) is 11.9. The quantitative estimate of drug-likeness (QED) is 0.896. The van der Waals surface area contributed by atoms with Gasteiger partial charge in [0.2, 0.25) is 0 Å². The van der Waals surface area contributed by atoms with E-state index in [-0.39, 0.29) is 11.2 Å². The molecule has 2 aromatic heterocycles. The van der Waals surface area contributed by atoms with E-state index >= 15 is 0 Å². The van der Waals surface area contributed by atoms with Crippen molar-refractivity contribution in [2.45, 2.75) is 40.2 Å². The Balaban J connectivity index is 2.77. The predicted octanol–water partition coefficient (Wildman–Crippen LogP) is 1.03. The summed E-state index contributed by atoms with van der Waals surface area (Å²) in [6, 6.07) is 0. The van der Waals surface area contributed by atoms with E-state index in [1.165, 1.54) is 7.05 Å². The number of imidazole rings is 1. The highest BCUT2D eigenvalue weighted by Crippen LogP contribution is 2.09. The molecule has 0 aromatic carbocycles. The van der Waals surface area contributed by atoms with Crippen molar-refractivity contribution < 1.29 is 0 Å². The molecule has 2 rings (SSSR count). The normalized spacial score (nSPS) is 11.6. The molecule has 0 unspecified atom stereocenters. The minimum absolute atomic E-state index is 0.305. The van der Waals surface area contributed by atoms with Crippen LogP contribution in [0.2, 0.25) is 0 Å². The Morgan fingerprint density at radius 3 is 2.58 bits per heavy atom. The van der Waals surface area contributed by atoms with Gasteiger partial charge in [0.15, 0.2) is 5.65 Å². The number of nitrogens with zero attached hydrogens (tertiary/aromatic N) is 3. The lowest BCUT2D eigenvalue weighted by molar-refractivity contribution is 0.500. The lowest BCUT2D eigenvalue weighted by atomic mass is 10.2. The van der Waals surface area contributed by atoms with E-state index in [2.05, 4.69) is 9.97 Å². The molecule has 19 heavy (non-hydrogen) atoms. The number of aryl methyl sites for hydroxylation is 1. The van der Waals surface area contributed by atoms with E-state index < -0.39 is 0 Å². The Hall–Kier alpha value is -1.85. The molecule has 6 heteroatoms. The Bertz CT molecular complexity index is 706. The highest BCUT2D eigenvalue weighted by Gasteiger charge is 2.15. The zero-order valence-electron chi connectivity index (χ0n) is 11.9. The number of fused-ring (bicyclic) bond motifs is 1. The SMILES string of the molecule is CCCc1nc2c([nH]1)c(=O)n(C)c(=O)n2CC(C)C. The van der Waals surface area contributed by atoms with E-state index in [1.54, 1.807) is 4.57 Å². The van der Waals surface area contributed by atoms with Crippen LogP contribution in [-0.2, 0) is 20.0 Å². The molecule has 0 aliphatic rings. The van der Waals surface area contributed by atoms with Gasteiger partial charge < -0.3 is 4.98 Å². The third-order valence-electron chi connectivity index (χ3n) is 3.06. The van der Waals surface area contributed by atoms with E-state index in [0.717, 1.165) is 23.2 Å². The topological polar surface area (TPSA) is 72.7 Å². The fraction of sp³-hybridized carbons (Fsp3) is 0.615. The molecule has 0 aliphatic carbocycles. The summed E-state index contributed by atoms with van der Waals surface area (Å²) in [4.78, 5) is 31.7. The van der Waals surface area contributed by atoms with Crippen LogP contribution >= 0.6 is 0 Å². The monoisotopic (exact) mass is 264 g/mol. The number of aromatic amines is 1. The zero-order chi connectivity index (χ0) is 14.2. The van der Waals surface area contributed by atoms with Crippen LogP contribution in [0, 0.1) is 5.92 Å². The van der Waals surface area contributed by atoms with Gasteiger partial charge in [-0.25, -0.2) is 9.78 Å². The first-order chi connectivity index (χ1) is 8.95. The van der Waals surface area contributed by atoms with Gasteiger partial charge in [0.25, 0.3) is 5.56 Å². The minimum atomic E-state index is -0.310. The van der Waals surface area contributed by atoms with Crippen LogP contribution in [0.25, 0.3) is 11.2 Å². The molecule has 0 bridgehead atoms. The van der Waals surface area contributed by atoms with Crippen molar-refractivity contribution >= 4 is 11.2 Å². The second-order valence-electron chi connectivity index (χ2n) is 5.28. The molecule has 6 nitrogen and oxygen atoms in total. The van der Waals surface area contributed by atoms with Gasteiger partial charge in [-0.3, -0.25) is 13.9 Å². The molecule has 104 valence electrons. The fourth-order valence-electron chi connectivity index (χ4n) is 2.17. The van der Waals surface area contributed by atoms with Crippen LogP contribution in [0.1, 0.15) is 33.0 Å². The minimum Gasteiger partial charge on any atom is -0.336 e. The summed E-state index contributed by atoms with van der Waals surface area (Å²) in [6.07, 6.45) is 1.71. The molecule has 1 N–H and O–H groups in total. The largest absolute Gasteiger partial charge is 0.336 e. The molecule has 0 saturated carbocycles. The lowest BCUT2D eigenvalue weighted by Gasteiger charge is -2.10. The first kappa shape index (κ1) is 13.6. The van der Waals surface area contributed by atoms with E-state index in [1.807, 2.05) is 20.8 Å². The molecule has 0 atom stereocenters. The van der Waals surface area contributed by atoms with Crippen molar-refractivity contribution in [3.8, 4) is 0 Å². The summed E-state index contributed by atoms with van der Waals surface area (Å²) < 4.78 is 2.72. The standard InChI is InChI=1S/C13H20N4O2/c1-5-6-9-14-10-11(15-9)17(7-8(2)3)13(19)16(4)12(10)18/h8H,5-7H2,1-4H3,(H,14,15). The third-order valence-corrected chi connectivity index (χ3v) is 3.06. The van der Waals surface area contributed by atoms with E-state index in [4.69, 9.17) is 0 Å². The van der Waals surface area contributed by atoms with Gasteiger partial charge in [-0.2, -0.15) is 0 Å². The third kappa shape index (κ3) is 2.34. The molecular formula is C13H20N4O2. The predicted molar refractivity (Wildman–Crippen MR) is 74.4 cm³/mol. The summed E-state index contributed by atoms with van der Waals surface area (Å²) in [5.74, 6) is 1.07. The summed E-state index contributed by atoms with van der Waals surface area (Å²) in [5.41, 5.74) is 0.284. The van der Waals surface area contributed by atoms with Crippen molar-refractivity contribution in [1.82, 2.24) is 19.1 Å². The molecule has 0 amide bonds. The van der Waals surface area contributed by atoms with E-state index in [0.29, 0.717) is 23.6 Å². The van der Waals surface area contributed by atoms with Crippen LogP contribution in [0.5, 0.6) is 0 Å². The number of nitrogens with one attached hydrogen (secondary N) is 1. The molecule has 0 saturated heterocycles. The first-order valence-corrected chi connectivity index (χ1v) is 6.64. The number of hydrogen-bond donors (Lipinski definition) is 1. The van der Waals surface area contributed by atoms with Crippen molar-refractivity contribution in [2.24, 2.45) is 13.0 Å². The Morgan fingerprint density at radius 1 is 1.32 bits per heavy atom. The van der Waals surface area contributed by atoms with E-state index in [9.17, 15) is 9.59 Å². The van der Waals surface area contributed by atoms with Crippen LogP contribution in [0.3, 0.4) is 0 Å². The molecule has 0 spiro atoms. The number of rotatable bonds is 4. The molecular weight excluding hydrogens is 244 g/mol. The van der Waals surface area contributed by atoms with Crippen molar-refractivity contribution in [3.63, 3.8) is 0 Å². The van der Waals surface area contributed by atoms with Crippen molar-refractivity contribution in [3.05, 3.63) is 26.7 Å². The lowest BCUT2D eigenvalue weighted by Crippen LogP contribution is -2.38. The Kier molecular flexibility index (Phi) is 3.59. The second-order valence-corrected chi connectivity index (χ2v) is 5.28. The van der Waals surface area contributed by atoms with Gasteiger partial charge in [0.1, 0.15) is 11.3 Å². The highest BCUT2D eigenvalue weighted by atomic mass is 16.2. The van der Waals surface area contributed by atoms with Crippen molar-refractivity contribution in [2.75, 3.05) is 0 Å². The van der Waals surface area contributed by atoms with Gasteiger partial charge >= 0.3 is 5.69 Å². The molecule has 0 radical (unpaired) electrons. The maximum atomic E-state index is 12.2. The fourth-order valence-corrected chi connectivity index (χ4v) is 2.17. The average molecular weight is 264 g/mol. The highest BCUT2D eigenvalue weighted by molar-refractivity contribution is 5.69.